The van der Waals surface area contributed by atoms with E-state index in [1.165, 1.54) is 40.5 Å². The molecule has 7 heteroatoms. The van der Waals surface area contributed by atoms with E-state index in [0.717, 1.165) is 11.3 Å². The molecule has 0 atom stereocenters. The van der Waals surface area contributed by atoms with Crippen molar-refractivity contribution in [1.82, 2.24) is 9.97 Å². The zero-order chi connectivity index (χ0) is 20.4. The van der Waals surface area contributed by atoms with Crippen molar-refractivity contribution in [3.05, 3.63) is 71.6 Å². The molecule has 1 aromatic carbocycles. The van der Waals surface area contributed by atoms with Gasteiger partial charge in [0.15, 0.2) is 0 Å². The van der Waals surface area contributed by atoms with Gasteiger partial charge in [0.25, 0.3) is 5.91 Å². The van der Waals surface area contributed by atoms with Crippen molar-refractivity contribution >= 4 is 38.8 Å². The monoisotopic (exact) mass is 402 g/mol. The van der Waals surface area contributed by atoms with Crippen LogP contribution in [0.15, 0.2) is 60.9 Å². The SMILES string of the molecule is C#CCN(C(=O)c1sc2nc(-c3cccnc3)ccc2c1N)c1ccc(F)cc1. The first-order valence-corrected chi connectivity index (χ1v) is 9.50. The molecule has 0 fully saturated rings. The Morgan fingerprint density at radius 2 is 2.00 bits per heavy atom. The predicted molar refractivity (Wildman–Crippen MR) is 114 cm³/mol. The van der Waals surface area contributed by atoms with E-state index in [2.05, 4.69) is 15.9 Å². The standard InChI is InChI=1S/C22H15FN4OS/c1-2-12-27(16-7-5-15(23)6-8-16)22(28)20-19(24)17-9-10-18(26-21(17)29-20)14-4-3-11-25-13-14/h1,3-11,13H,12,24H2. The highest BCUT2D eigenvalue weighted by atomic mass is 32.1. The number of anilines is 2. The number of halogens is 1. The van der Waals surface area contributed by atoms with E-state index >= 15 is 0 Å². The number of pyridine rings is 2. The van der Waals surface area contributed by atoms with Crippen LogP contribution in [0.25, 0.3) is 21.5 Å². The summed E-state index contributed by atoms with van der Waals surface area (Å²) in [6.07, 6.45) is 8.86. The third kappa shape index (κ3) is 3.53. The van der Waals surface area contributed by atoms with Crippen molar-refractivity contribution < 1.29 is 9.18 Å². The quantitative estimate of drug-likeness (QED) is 0.515. The molecule has 0 unspecified atom stereocenters. The Kier molecular flexibility index (Phi) is 4.94. The number of hydrogen-bond acceptors (Lipinski definition) is 5. The van der Waals surface area contributed by atoms with Gasteiger partial charge in [0.1, 0.15) is 15.5 Å². The Hall–Kier alpha value is -3.76. The number of thiophene rings is 1. The number of aromatic nitrogens is 2. The number of amides is 1. The minimum absolute atomic E-state index is 0.0342. The Bertz CT molecular complexity index is 1230. The number of hydrogen-bond donors (Lipinski definition) is 1. The fourth-order valence-corrected chi connectivity index (χ4v) is 3.99. The van der Waals surface area contributed by atoms with E-state index in [9.17, 15) is 9.18 Å². The highest BCUT2D eigenvalue weighted by Crippen LogP contribution is 2.35. The first kappa shape index (κ1) is 18.6. The summed E-state index contributed by atoms with van der Waals surface area (Å²) in [6, 6.07) is 13.0. The number of terminal acetylenes is 1. The summed E-state index contributed by atoms with van der Waals surface area (Å²) in [5.74, 6) is 1.73. The summed E-state index contributed by atoms with van der Waals surface area (Å²) in [4.78, 5) is 24.3. The molecule has 0 aliphatic carbocycles. The van der Waals surface area contributed by atoms with Crippen molar-refractivity contribution in [3.8, 4) is 23.6 Å². The second kappa shape index (κ2) is 7.70. The normalized spacial score (nSPS) is 10.6. The fraction of sp³-hybridized carbons (Fsp3) is 0.0455. The third-order valence-corrected chi connectivity index (χ3v) is 5.48. The minimum atomic E-state index is -0.393. The van der Waals surface area contributed by atoms with Crippen molar-refractivity contribution in [2.75, 3.05) is 17.2 Å². The summed E-state index contributed by atoms with van der Waals surface area (Å²) < 4.78 is 13.3. The van der Waals surface area contributed by atoms with E-state index in [1.807, 2.05) is 24.3 Å². The molecule has 29 heavy (non-hydrogen) atoms. The maximum atomic E-state index is 13.3. The lowest BCUT2D eigenvalue weighted by Gasteiger charge is -2.20. The molecule has 4 rings (SSSR count). The van der Waals surface area contributed by atoms with Gasteiger partial charge in [-0.25, -0.2) is 9.37 Å². The van der Waals surface area contributed by atoms with Gasteiger partial charge in [-0.05, 0) is 48.5 Å². The lowest BCUT2D eigenvalue weighted by Crippen LogP contribution is -2.31. The predicted octanol–water partition coefficient (Wildman–Crippen LogP) is 4.36. The molecule has 0 bridgehead atoms. The van der Waals surface area contributed by atoms with Gasteiger partial charge in [-0.2, -0.15) is 0 Å². The summed E-state index contributed by atoms with van der Waals surface area (Å²) in [7, 11) is 0. The zero-order valence-electron chi connectivity index (χ0n) is 15.2. The van der Waals surface area contributed by atoms with E-state index in [-0.39, 0.29) is 12.5 Å². The molecule has 0 saturated carbocycles. The largest absolute Gasteiger partial charge is 0.397 e. The van der Waals surface area contributed by atoms with E-state index < -0.39 is 5.82 Å². The van der Waals surface area contributed by atoms with E-state index in [1.54, 1.807) is 12.4 Å². The van der Waals surface area contributed by atoms with Gasteiger partial charge in [-0.15, -0.1) is 17.8 Å². The van der Waals surface area contributed by atoms with E-state index in [4.69, 9.17) is 12.2 Å². The van der Waals surface area contributed by atoms with Gasteiger partial charge >= 0.3 is 0 Å². The topological polar surface area (TPSA) is 72.1 Å². The minimum Gasteiger partial charge on any atom is -0.397 e. The van der Waals surface area contributed by atoms with Gasteiger partial charge in [0.05, 0.1) is 17.9 Å². The average Bonchev–Trinajstić information content (AvgIpc) is 3.09. The molecule has 2 N–H and O–H groups in total. The average molecular weight is 402 g/mol. The first-order chi connectivity index (χ1) is 14.1. The van der Waals surface area contributed by atoms with Crippen LogP contribution in [0.5, 0.6) is 0 Å². The van der Waals surface area contributed by atoms with Crippen molar-refractivity contribution in [1.29, 1.82) is 0 Å². The summed E-state index contributed by atoms with van der Waals surface area (Å²) >= 11 is 1.20. The maximum absolute atomic E-state index is 13.3. The molecule has 0 saturated heterocycles. The number of nitrogen functional groups attached to an aromatic ring is 1. The lowest BCUT2D eigenvalue weighted by molar-refractivity contribution is 0.0995. The third-order valence-electron chi connectivity index (χ3n) is 4.38. The number of nitrogens with two attached hydrogens (primary N) is 1. The number of benzene rings is 1. The van der Waals surface area contributed by atoms with Crippen LogP contribution in [-0.4, -0.2) is 22.4 Å². The van der Waals surface area contributed by atoms with Crippen LogP contribution >= 0.6 is 11.3 Å². The Balaban J connectivity index is 1.75. The van der Waals surface area contributed by atoms with Gasteiger partial charge in [0, 0.05) is 29.0 Å². The van der Waals surface area contributed by atoms with Crippen LogP contribution in [0, 0.1) is 18.2 Å². The lowest BCUT2D eigenvalue weighted by atomic mass is 10.1. The summed E-state index contributed by atoms with van der Waals surface area (Å²) in [6.45, 7) is 0.0342. The fourth-order valence-electron chi connectivity index (χ4n) is 2.95. The molecule has 142 valence electrons. The first-order valence-electron chi connectivity index (χ1n) is 8.69. The molecule has 5 nitrogen and oxygen atoms in total. The van der Waals surface area contributed by atoms with Crippen LogP contribution < -0.4 is 10.6 Å². The van der Waals surface area contributed by atoms with Gasteiger partial charge in [-0.3, -0.25) is 14.7 Å². The molecule has 0 aliphatic heterocycles. The molecular weight excluding hydrogens is 387 g/mol. The van der Waals surface area contributed by atoms with Gasteiger partial charge < -0.3 is 5.73 Å². The second-order valence-electron chi connectivity index (χ2n) is 6.21. The van der Waals surface area contributed by atoms with Crippen molar-refractivity contribution in [3.63, 3.8) is 0 Å². The second-order valence-corrected chi connectivity index (χ2v) is 7.21. The van der Waals surface area contributed by atoms with Crippen LogP contribution in [0.3, 0.4) is 0 Å². The molecule has 4 aromatic rings. The van der Waals surface area contributed by atoms with Gasteiger partial charge in [-0.1, -0.05) is 5.92 Å². The molecule has 3 aromatic heterocycles. The van der Waals surface area contributed by atoms with Gasteiger partial charge in [0.2, 0.25) is 0 Å². The zero-order valence-corrected chi connectivity index (χ0v) is 16.0. The van der Waals surface area contributed by atoms with Crippen molar-refractivity contribution in [2.24, 2.45) is 0 Å². The number of carbonyl (C=O) groups is 1. The van der Waals surface area contributed by atoms with Crippen LogP contribution in [0.4, 0.5) is 15.8 Å². The number of rotatable bonds is 4. The molecular formula is C22H15FN4OS. The molecule has 1 amide bonds. The highest BCUT2D eigenvalue weighted by Gasteiger charge is 2.24. The number of carbonyl (C=O) groups excluding carboxylic acids is 1. The molecule has 0 aliphatic rings. The van der Waals surface area contributed by atoms with Crippen LogP contribution in [-0.2, 0) is 0 Å². The Morgan fingerprint density at radius 1 is 1.21 bits per heavy atom. The summed E-state index contributed by atoms with van der Waals surface area (Å²) in [5.41, 5.74) is 8.72. The number of fused-ring (bicyclic) bond motifs is 1. The molecule has 3 heterocycles. The Morgan fingerprint density at radius 3 is 2.69 bits per heavy atom. The van der Waals surface area contributed by atoms with E-state index in [0.29, 0.717) is 26.5 Å². The maximum Gasteiger partial charge on any atom is 0.271 e. The Labute approximate surface area is 170 Å². The van der Waals surface area contributed by atoms with Crippen LogP contribution in [0.1, 0.15) is 9.67 Å². The molecule has 0 radical (unpaired) electrons. The number of nitrogens with zero attached hydrogens (tertiary/aromatic N) is 3. The van der Waals surface area contributed by atoms with Crippen LogP contribution in [0.2, 0.25) is 0 Å². The van der Waals surface area contributed by atoms with Crippen molar-refractivity contribution in [2.45, 2.75) is 0 Å². The summed E-state index contributed by atoms with van der Waals surface area (Å²) in [5, 5.41) is 0.700. The smallest absolute Gasteiger partial charge is 0.271 e. The highest BCUT2D eigenvalue weighted by molar-refractivity contribution is 7.21. The molecule has 0 spiro atoms.